The van der Waals surface area contributed by atoms with E-state index < -0.39 is 10.0 Å². The maximum Gasteiger partial charge on any atom is 0.244 e. The molecule has 8 heteroatoms. The standard InChI is InChI=1S/C15H19ClN2O4S/c1-5-21-14-6-9(2)13(16)7-15(14)23(19,20)17-8-12-10(3)18-22-11(12)4/h6-7,17H,5,8H2,1-4H3. The summed E-state index contributed by atoms with van der Waals surface area (Å²) >= 11 is 6.07. The molecule has 0 saturated heterocycles. The maximum atomic E-state index is 12.6. The highest BCUT2D eigenvalue weighted by atomic mass is 35.5. The zero-order valence-corrected chi connectivity index (χ0v) is 15.0. The largest absolute Gasteiger partial charge is 0.492 e. The third-order valence-electron chi connectivity index (χ3n) is 3.43. The van der Waals surface area contributed by atoms with Crippen molar-refractivity contribution in [1.82, 2.24) is 9.88 Å². The Morgan fingerprint density at radius 3 is 2.57 bits per heavy atom. The van der Waals surface area contributed by atoms with E-state index in [1.54, 1.807) is 33.8 Å². The molecule has 0 aliphatic heterocycles. The summed E-state index contributed by atoms with van der Waals surface area (Å²) in [7, 11) is -3.79. The molecule has 1 aromatic carbocycles. The van der Waals surface area contributed by atoms with E-state index in [4.69, 9.17) is 20.9 Å². The molecule has 0 fully saturated rings. The van der Waals surface area contributed by atoms with Crippen molar-refractivity contribution in [3.63, 3.8) is 0 Å². The number of sulfonamides is 1. The van der Waals surface area contributed by atoms with Gasteiger partial charge < -0.3 is 9.26 Å². The number of ether oxygens (including phenoxy) is 1. The summed E-state index contributed by atoms with van der Waals surface area (Å²) in [4.78, 5) is 0.0155. The van der Waals surface area contributed by atoms with Crippen LogP contribution >= 0.6 is 11.6 Å². The van der Waals surface area contributed by atoms with Gasteiger partial charge in [-0.3, -0.25) is 0 Å². The molecular formula is C15H19ClN2O4S. The van der Waals surface area contributed by atoms with E-state index in [9.17, 15) is 8.42 Å². The molecule has 0 amide bonds. The lowest BCUT2D eigenvalue weighted by atomic mass is 10.2. The fraction of sp³-hybridized carbons (Fsp3) is 0.400. The van der Waals surface area contributed by atoms with Crippen LogP contribution in [-0.4, -0.2) is 20.2 Å². The van der Waals surface area contributed by atoms with Crippen LogP contribution in [0.5, 0.6) is 5.75 Å². The Bertz CT molecular complexity index is 796. The van der Waals surface area contributed by atoms with Gasteiger partial charge in [-0.25, -0.2) is 13.1 Å². The lowest BCUT2D eigenvalue weighted by molar-refractivity contribution is 0.330. The van der Waals surface area contributed by atoms with Crippen molar-refractivity contribution in [3.05, 3.63) is 39.7 Å². The first-order valence-electron chi connectivity index (χ1n) is 7.10. The van der Waals surface area contributed by atoms with E-state index >= 15 is 0 Å². The fourth-order valence-corrected chi connectivity index (χ4v) is 3.49. The van der Waals surface area contributed by atoms with Gasteiger partial charge in [0.05, 0.1) is 12.3 Å². The van der Waals surface area contributed by atoms with E-state index in [1.165, 1.54) is 6.07 Å². The van der Waals surface area contributed by atoms with Crippen LogP contribution < -0.4 is 9.46 Å². The summed E-state index contributed by atoms with van der Waals surface area (Å²) in [6.07, 6.45) is 0. The number of halogens is 1. The Morgan fingerprint density at radius 1 is 1.30 bits per heavy atom. The summed E-state index contributed by atoms with van der Waals surface area (Å²) < 4.78 is 38.2. The average molecular weight is 359 g/mol. The molecule has 0 aliphatic rings. The third kappa shape index (κ3) is 3.85. The first-order chi connectivity index (χ1) is 10.8. The zero-order chi connectivity index (χ0) is 17.2. The first kappa shape index (κ1) is 17.8. The smallest absolute Gasteiger partial charge is 0.244 e. The Morgan fingerprint density at radius 2 is 2.00 bits per heavy atom. The van der Waals surface area contributed by atoms with Gasteiger partial charge in [-0.15, -0.1) is 0 Å². The van der Waals surface area contributed by atoms with Crippen molar-refractivity contribution >= 4 is 21.6 Å². The normalized spacial score (nSPS) is 11.7. The average Bonchev–Trinajstić information content (AvgIpc) is 2.79. The van der Waals surface area contributed by atoms with Crippen LogP contribution in [0.4, 0.5) is 0 Å². The van der Waals surface area contributed by atoms with Crippen LogP contribution in [0, 0.1) is 20.8 Å². The number of benzene rings is 1. The number of rotatable bonds is 6. The number of aryl methyl sites for hydroxylation is 3. The minimum Gasteiger partial charge on any atom is -0.492 e. The molecule has 1 N–H and O–H groups in total. The van der Waals surface area contributed by atoms with Crippen molar-refractivity contribution in [2.24, 2.45) is 0 Å². The van der Waals surface area contributed by atoms with Crippen molar-refractivity contribution in [3.8, 4) is 5.75 Å². The quantitative estimate of drug-likeness (QED) is 0.857. The van der Waals surface area contributed by atoms with Gasteiger partial charge in [0, 0.05) is 17.1 Å². The molecule has 2 rings (SSSR count). The number of hydrogen-bond acceptors (Lipinski definition) is 5. The van der Waals surface area contributed by atoms with Crippen LogP contribution in [0.15, 0.2) is 21.6 Å². The van der Waals surface area contributed by atoms with E-state index in [2.05, 4.69) is 9.88 Å². The number of nitrogens with one attached hydrogen (secondary N) is 1. The molecule has 0 radical (unpaired) electrons. The van der Waals surface area contributed by atoms with Gasteiger partial charge in [-0.2, -0.15) is 0 Å². The van der Waals surface area contributed by atoms with E-state index in [0.717, 1.165) is 5.56 Å². The SMILES string of the molecule is CCOc1cc(C)c(Cl)cc1S(=O)(=O)NCc1c(C)noc1C. The van der Waals surface area contributed by atoms with Crippen LogP contribution in [0.3, 0.4) is 0 Å². The van der Waals surface area contributed by atoms with Crippen LogP contribution in [-0.2, 0) is 16.6 Å². The predicted octanol–water partition coefficient (Wildman–Crippen LogP) is 3.13. The zero-order valence-electron chi connectivity index (χ0n) is 13.4. The van der Waals surface area contributed by atoms with Crippen LogP contribution in [0.25, 0.3) is 0 Å². The van der Waals surface area contributed by atoms with Crippen LogP contribution in [0.2, 0.25) is 5.02 Å². The topological polar surface area (TPSA) is 81.4 Å². The lowest BCUT2D eigenvalue weighted by Gasteiger charge is -2.13. The van der Waals surface area contributed by atoms with Gasteiger partial charge in [-0.1, -0.05) is 16.8 Å². The molecule has 1 aromatic heterocycles. The first-order valence-corrected chi connectivity index (χ1v) is 8.96. The third-order valence-corrected chi connectivity index (χ3v) is 5.26. The minimum absolute atomic E-state index is 0.0155. The molecule has 126 valence electrons. The summed E-state index contributed by atoms with van der Waals surface area (Å²) in [6, 6.07) is 3.02. The number of aromatic nitrogens is 1. The highest BCUT2D eigenvalue weighted by Crippen LogP contribution is 2.30. The lowest BCUT2D eigenvalue weighted by Crippen LogP contribution is -2.24. The highest BCUT2D eigenvalue weighted by Gasteiger charge is 2.22. The maximum absolute atomic E-state index is 12.6. The van der Waals surface area contributed by atoms with Gasteiger partial charge in [0.1, 0.15) is 16.4 Å². The number of hydrogen-bond donors (Lipinski definition) is 1. The molecule has 0 unspecified atom stereocenters. The molecule has 2 aromatic rings. The van der Waals surface area contributed by atoms with E-state index in [0.29, 0.717) is 28.6 Å². The second-order valence-corrected chi connectivity index (χ2v) is 7.25. The van der Waals surface area contributed by atoms with Crippen molar-refractivity contribution < 1.29 is 17.7 Å². The van der Waals surface area contributed by atoms with Crippen molar-refractivity contribution in [2.75, 3.05) is 6.61 Å². The van der Waals surface area contributed by atoms with Gasteiger partial charge in [0.15, 0.2) is 0 Å². The Labute approximate surface area is 140 Å². The van der Waals surface area contributed by atoms with E-state index in [-0.39, 0.29) is 17.2 Å². The molecule has 0 saturated carbocycles. The molecule has 23 heavy (non-hydrogen) atoms. The van der Waals surface area contributed by atoms with Gasteiger partial charge >= 0.3 is 0 Å². The summed E-state index contributed by atoms with van der Waals surface area (Å²) in [5.41, 5.74) is 2.11. The monoisotopic (exact) mass is 358 g/mol. The summed E-state index contributed by atoms with van der Waals surface area (Å²) in [5.74, 6) is 0.859. The molecule has 0 aliphatic carbocycles. The summed E-state index contributed by atoms with van der Waals surface area (Å²) in [5, 5.41) is 4.17. The Hall–Kier alpha value is -1.57. The van der Waals surface area contributed by atoms with Crippen LogP contribution in [0.1, 0.15) is 29.5 Å². The minimum atomic E-state index is -3.79. The summed E-state index contributed by atoms with van der Waals surface area (Å²) in [6.45, 7) is 7.51. The molecule has 0 bridgehead atoms. The van der Waals surface area contributed by atoms with Gasteiger partial charge in [0.2, 0.25) is 10.0 Å². The molecule has 0 spiro atoms. The van der Waals surface area contributed by atoms with Crippen molar-refractivity contribution in [1.29, 1.82) is 0 Å². The van der Waals surface area contributed by atoms with Gasteiger partial charge in [0.25, 0.3) is 0 Å². The Kier molecular flexibility index (Phi) is 5.33. The highest BCUT2D eigenvalue weighted by molar-refractivity contribution is 7.89. The molecule has 6 nitrogen and oxygen atoms in total. The molecule has 1 heterocycles. The molecular weight excluding hydrogens is 340 g/mol. The van der Waals surface area contributed by atoms with E-state index in [1.807, 2.05) is 0 Å². The molecule has 0 atom stereocenters. The predicted molar refractivity (Wildman–Crippen MR) is 87.4 cm³/mol. The second-order valence-electron chi connectivity index (χ2n) is 5.11. The Balaban J connectivity index is 2.34. The fourth-order valence-electron chi connectivity index (χ4n) is 2.11. The second kappa shape index (κ2) is 6.90. The van der Waals surface area contributed by atoms with Gasteiger partial charge in [-0.05, 0) is 45.4 Å². The number of nitrogens with zero attached hydrogens (tertiary/aromatic N) is 1. The van der Waals surface area contributed by atoms with Crippen molar-refractivity contribution in [2.45, 2.75) is 39.1 Å².